The molecule has 26 heavy (non-hydrogen) atoms. The first kappa shape index (κ1) is 22.2. The number of carbonyl (C=O) groups excluding carboxylic acids is 1. The Morgan fingerprint density at radius 3 is 2.81 bits per heavy atom. The maximum absolute atomic E-state index is 10.2. The lowest BCUT2D eigenvalue weighted by atomic mass is 10.0. The van der Waals surface area contributed by atoms with Crippen LogP contribution in [0.2, 0.25) is 0 Å². The summed E-state index contributed by atoms with van der Waals surface area (Å²) < 4.78 is 6.01. The number of rotatable bonds is 10. The monoisotopic (exact) mass is 361 g/mol. The van der Waals surface area contributed by atoms with Crippen LogP contribution in [0.3, 0.4) is 0 Å². The number of ether oxygens (including phenoxy) is 1. The van der Waals surface area contributed by atoms with Crippen molar-refractivity contribution in [3.8, 4) is 0 Å². The molecule has 1 aliphatic heterocycles. The van der Waals surface area contributed by atoms with Gasteiger partial charge in [-0.2, -0.15) is 0 Å². The molecule has 1 heterocycles. The summed E-state index contributed by atoms with van der Waals surface area (Å²) in [7, 11) is 0. The maximum Gasteiger partial charge on any atom is 0.211 e. The quantitative estimate of drug-likeness (QED) is 0.276. The van der Waals surface area contributed by atoms with Crippen LogP contribution < -0.4 is 5.32 Å². The van der Waals surface area contributed by atoms with Crippen LogP contribution in [0, 0.1) is 5.92 Å². The number of likely N-dealkylation sites (tertiary alicyclic amines) is 1. The largest absolute Gasteiger partial charge is 0.498 e. The van der Waals surface area contributed by atoms with E-state index in [0.29, 0.717) is 12.3 Å². The normalized spacial score (nSPS) is 20.9. The van der Waals surface area contributed by atoms with Gasteiger partial charge in [0.25, 0.3) is 0 Å². The predicted octanol–water partition coefficient (Wildman–Crippen LogP) is 4.04. The summed E-state index contributed by atoms with van der Waals surface area (Å²) in [4.78, 5) is 17.2. The highest BCUT2D eigenvalue weighted by Gasteiger charge is 2.18. The van der Waals surface area contributed by atoms with Crippen LogP contribution in [0.1, 0.15) is 53.4 Å². The summed E-state index contributed by atoms with van der Waals surface area (Å²) in [5.41, 5.74) is 2.34. The molecule has 1 fully saturated rings. The molecule has 0 radical (unpaired) electrons. The maximum atomic E-state index is 10.2. The highest BCUT2D eigenvalue weighted by Crippen LogP contribution is 2.20. The van der Waals surface area contributed by atoms with Gasteiger partial charge in [-0.25, -0.2) is 0 Å². The van der Waals surface area contributed by atoms with Gasteiger partial charge in [0.1, 0.15) is 0 Å². The van der Waals surface area contributed by atoms with Crippen molar-refractivity contribution >= 4 is 12.1 Å². The number of carbonyl (C=O) groups is 1. The van der Waals surface area contributed by atoms with Gasteiger partial charge < -0.3 is 10.1 Å². The van der Waals surface area contributed by atoms with Crippen molar-refractivity contribution < 1.29 is 9.53 Å². The highest BCUT2D eigenvalue weighted by atomic mass is 16.5. The highest BCUT2D eigenvalue weighted by molar-refractivity contribution is 5.86. The average Bonchev–Trinajstić information content (AvgIpc) is 2.87. The summed E-state index contributed by atoms with van der Waals surface area (Å²) in [6, 6.07) is 0. The molecule has 5 heteroatoms. The number of nitrogens with one attached hydrogen (secondary N) is 1. The first-order valence-corrected chi connectivity index (χ1v) is 9.66. The van der Waals surface area contributed by atoms with E-state index in [1.165, 1.54) is 18.4 Å². The SMILES string of the molecule is C/C=C\C(C)=C(/C)OCC1CCCN(CC(CC)=N/C=C\NC=O)CC1. The Bertz CT molecular complexity index is 535. The van der Waals surface area contributed by atoms with E-state index in [-0.39, 0.29) is 0 Å². The second-order valence-electron chi connectivity index (χ2n) is 6.77. The van der Waals surface area contributed by atoms with Crippen molar-refractivity contribution in [3.63, 3.8) is 0 Å². The van der Waals surface area contributed by atoms with Crippen LogP contribution in [0.5, 0.6) is 0 Å². The van der Waals surface area contributed by atoms with Crippen LogP contribution in [0.4, 0.5) is 0 Å². The third kappa shape index (κ3) is 8.99. The Morgan fingerprint density at radius 1 is 1.31 bits per heavy atom. The first-order chi connectivity index (χ1) is 12.6. The van der Waals surface area contributed by atoms with Crippen molar-refractivity contribution in [2.24, 2.45) is 10.9 Å². The van der Waals surface area contributed by atoms with Gasteiger partial charge in [-0.15, -0.1) is 0 Å². The fourth-order valence-electron chi connectivity index (χ4n) is 3.00. The topological polar surface area (TPSA) is 53.9 Å². The second-order valence-corrected chi connectivity index (χ2v) is 6.77. The van der Waals surface area contributed by atoms with Crippen molar-refractivity contribution in [2.45, 2.75) is 53.4 Å². The molecule has 1 amide bonds. The number of nitrogens with zero attached hydrogens (tertiary/aromatic N) is 2. The number of allylic oxidation sites excluding steroid dienone is 4. The fourth-order valence-corrected chi connectivity index (χ4v) is 3.00. The van der Waals surface area contributed by atoms with Crippen molar-refractivity contribution in [3.05, 3.63) is 35.9 Å². The Kier molecular flexibility index (Phi) is 11.4. The Labute approximate surface area is 158 Å². The van der Waals surface area contributed by atoms with E-state index in [1.54, 1.807) is 12.4 Å². The van der Waals surface area contributed by atoms with Crippen LogP contribution in [0.15, 0.2) is 40.9 Å². The molecule has 1 aliphatic rings. The Balaban J connectivity index is 2.47. The zero-order valence-electron chi connectivity index (χ0n) is 16.8. The summed E-state index contributed by atoms with van der Waals surface area (Å²) >= 11 is 0. The van der Waals surface area contributed by atoms with Gasteiger partial charge in [0.2, 0.25) is 6.41 Å². The van der Waals surface area contributed by atoms with Gasteiger partial charge in [0, 0.05) is 24.7 Å². The van der Waals surface area contributed by atoms with Gasteiger partial charge >= 0.3 is 0 Å². The second kappa shape index (κ2) is 13.3. The fraction of sp³-hybridized carbons (Fsp3) is 0.619. The minimum atomic E-state index is 0.618. The lowest BCUT2D eigenvalue weighted by Gasteiger charge is -2.21. The van der Waals surface area contributed by atoms with Gasteiger partial charge in [-0.3, -0.25) is 14.7 Å². The summed E-state index contributed by atoms with van der Waals surface area (Å²) in [5, 5.41) is 2.48. The Morgan fingerprint density at radius 2 is 2.12 bits per heavy atom. The van der Waals surface area contributed by atoms with Crippen LogP contribution in [0.25, 0.3) is 0 Å². The summed E-state index contributed by atoms with van der Waals surface area (Å²) in [5.74, 6) is 1.65. The smallest absolute Gasteiger partial charge is 0.211 e. The van der Waals surface area contributed by atoms with E-state index in [4.69, 9.17) is 4.74 Å². The molecule has 0 saturated carbocycles. The lowest BCUT2D eigenvalue weighted by Crippen LogP contribution is -2.30. The molecule has 1 rings (SSSR count). The molecular weight excluding hydrogens is 326 g/mol. The van der Waals surface area contributed by atoms with Gasteiger partial charge in [0.15, 0.2) is 0 Å². The molecule has 0 aromatic rings. The van der Waals surface area contributed by atoms with Crippen molar-refractivity contribution in [1.29, 1.82) is 0 Å². The molecule has 0 aromatic heterocycles. The molecule has 5 nitrogen and oxygen atoms in total. The molecular formula is C21H35N3O2. The third-order valence-electron chi connectivity index (χ3n) is 4.76. The average molecular weight is 362 g/mol. The van der Waals surface area contributed by atoms with E-state index in [1.807, 2.05) is 13.0 Å². The van der Waals surface area contributed by atoms with Gasteiger partial charge in [-0.1, -0.05) is 19.1 Å². The minimum absolute atomic E-state index is 0.618. The van der Waals surface area contributed by atoms with Crippen molar-refractivity contribution in [1.82, 2.24) is 10.2 Å². The number of amides is 1. The molecule has 1 unspecified atom stereocenters. The molecule has 0 aliphatic carbocycles. The summed E-state index contributed by atoms with van der Waals surface area (Å²) in [6.45, 7) is 12.2. The molecule has 1 saturated heterocycles. The van der Waals surface area contributed by atoms with Crippen LogP contribution in [-0.2, 0) is 9.53 Å². The lowest BCUT2D eigenvalue weighted by molar-refractivity contribution is -0.108. The first-order valence-electron chi connectivity index (χ1n) is 9.66. The summed E-state index contributed by atoms with van der Waals surface area (Å²) in [6.07, 6.45) is 12.5. The van der Waals surface area contributed by atoms with Gasteiger partial charge in [0.05, 0.1) is 12.4 Å². The zero-order valence-corrected chi connectivity index (χ0v) is 16.8. The van der Waals surface area contributed by atoms with Crippen LogP contribution >= 0.6 is 0 Å². The van der Waals surface area contributed by atoms with Crippen molar-refractivity contribution in [2.75, 3.05) is 26.2 Å². The third-order valence-corrected chi connectivity index (χ3v) is 4.76. The minimum Gasteiger partial charge on any atom is -0.498 e. The van der Waals surface area contributed by atoms with E-state index in [2.05, 4.69) is 42.1 Å². The molecule has 1 N–H and O–H groups in total. The molecule has 0 aromatic carbocycles. The van der Waals surface area contributed by atoms with Gasteiger partial charge in [-0.05, 0) is 71.0 Å². The predicted molar refractivity (Wildman–Crippen MR) is 109 cm³/mol. The molecule has 0 spiro atoms. The zero-order chi connectivity index (χ0) is 19.2. The number of aliphatic imine (C=N–C) groups is 1. The van der Waals surface area contributed by atoms with E-state index in [9.17, 15) is 4.79 Å². The van der Waals surface area contributed by atoms with Crippen LogP contribution in [-0.4, -0.2) is 43.3 Å². The van der Waals surface area contributed by atoms with E-state index in [0.717, 1.165) is 50.6 Å². The number of hydrogen-bond donors (Lipinski definition) is 1. The number of hydrogen-bond acceptors (Lipinski definition) is 4. The Hall–Kier alpha value is -1.88. The van der Waals surface area contributed by atoms with E-state index >= 15 is 0 Å². The molecule has 146 valence electrons. The molecule has 0 bridgehead atoms. The van der Waals surface area contributed by atoms with E-state index < -0.39 is 0 Å². The molecule has 1 atom stereocenters. The standard InChI is InChI=1S/C21H35N3O2/c1-5-8-18(3)19(4)26-16-20-9-7-13-24(14-10-20)15-21(6-2)23-12-11-22-17-25/h5,8,11-12,17,20H,6-7,9-10,13-16H2,1-4H3,(H,22,25)/b8-5-,12-11-,19-18+,23-21?.